The Kier molecular flexibility index (Phi) is 6.24. The number of hydrogen-bond donors (Lipinski definition) is 1. The number of methoxy groups -OCH3 is 1. The van der Waals surface area contributed by atoms with Crippen LogP contribution >= 0.6 is 0 Å². The minimum atomic E-state index is -1.06. The zero-order chi connectivity index (χ0) is 22.9. The van der Waals surface area contributed by atoms with Crippen LogP contribution in [0.25, 0.3) is 0 Å². The van der Waals surface area contributed by atoms with Gasteiger partial charge in [-0.1, -0.05) is 56.3 Å². The molecule has 2 amide bonds. The number of carbonyl (C=O) groups excluding carboxylic acids is 2. The van der Waals surface area contributed by atoms with Gasteiger partial charge in [0.15, 0.2) is 0 Å². The van der Waals surface area contributed by atoms with Crippen molar-refractivity contribution in [2.45, 2.75) is 57.3 Å². The molecule has 1 N–H and O–H groups in total. The van der Waals surface area contributed by atoms with E-state index in [4.69, 9.17) is 4.74 Å². The summed E-state index contributed by atoms with van der Waals surface area (Å²) in [4.78, 5) is 31.3. The normalized spacial score (nSPS) is 25.4. The Hall–Kier alpha value is -2.86. The van der Waals surface area contributed by atoms with Gasteiger partial charge in [0, 0.05) is 25.9 Å². The highest BCUT2D eigenvalue weighted by molar-refractivity contribution is 6.00. The first kappa shape index (κ1) is 22.3. The largest absolute Gasteiger partial charge is 0.497 e. The van der Waals surface area contributed by atoms with Crippen LogP contribution in [-0.2, 0) is 22.6 Å². The number of rotatable bonds is 7. The maximum absolute atomic E-state index is 14.1. The molecule has 2 aliphatic heterocycles. The van der Waals surface area contributed by atoms with Crippen LogP contribution in [-0.4, -0.2) is 58.1 Å². The van der Waals surface area contributed by atoms with Gasteiger partial charge in [-0.2, -0.15) is 0 Å². The first-order valence-electron chi connectivity index (χ1n) is 11.3. The molecule has 0 spiro atoms. The molecule has 2 aromatic rings. The molecule has 6 nitrogen and oxygen atoms in total. The molecule has 2 aliphatic rings. The predicted octanol–water partition coefficient (Wildman–Crippen LogP) is 3.03. The van der Waals surface area contributed by atoms with E-state index in [0.29, 0.717) is 19.4 Å². The molecule has 6 heteroatoms. The van der Waals surface area contributed by atoms with Gasteiger partial charge in [-0.3, -0.25) is 9.59 Å². The van der Waals surface area contributed by atoms with Crippen LogP contribution in [0.4, 0.5) is 0 Å². The van der Waals surface area contributed by atoms with Crippen LogP contribution in [0.3, 0.4) is 0 Å². The highest BCUT2D eigenvalue weighted by Crippen LogP contribution is 2.41. The summed E-state index contributed by atoms with van der Waals surface area (Å²) in [6.07, 6.45) is 0.516. The minimum Gasteiger partial charge on any atom is -0.497 e. The average Bonchev–Trinajstić information content (AvgIpc) is 3.13. The molecule has 0 aliphatic carbocycles. The average molecular weight is 437 g/mol. The first-order chi connectivity index (χ1) is 15.3. The standard InChI is InChI=1S/C26H32N2O4/c1-18(2)13-23-24(30)28-17-21(29)15-26(28,14-19-9-11-22(32-3)12-10-19)25(31)27(23)16-20-7-5-4-6-8-20/h4-12,18,21,23,29H,13-17H2,1-3H3/t21-,23?,26?/m1/s1. The van der Waals surface area contributed by atoms with Crippen molar-refractivity contribution in [2.24, 2.45) is 5.92 Å². The second kappa shape index (κ2) is 8.94. The van der Waals surface area contributed by atoms with E-state index in [1.54, 1.807) is 16.9 Å². The molecule has 2 heterocycles. The van der Waals surface area contributed by atoms with Gasteiger partial charge in [0.25, 0.3) is 0 Å². The van der Waals surface area contributed by atoms with E-state index in [1.807, 2.05) is 54.6 Å². The van der Waals surface area contributed by atoms with Crippen molar-refractivity contribution in [3.8, 4) is 5.75 Å². The molecular weight excluding hydrogens is 404 g/mol. The van der Waals surface area contributed by atoms with E-state index in [2.05, 4.69) is 13.8 Å². The Morgan fingerprint density at radius 1 is 1.06 bits per heavy atom. The number of fused-ring (bicyclic) bond motifs is 1. The van der Waals surface area contributed by atoms with Crippen molar-refractivity contribution in [2.75, 3.05) is 13.7 Å². The van der Waals surface area contributed by atoms with Crippen LogP contribution in [0.5, 0.6) is 5.75 Å². The third kappa shape index (κ3) is 4.11. The Morgan fingerprint density at radius 2 is 1.75 bits per heavy atom. The molecule has 4 rings (SSSR count). The van der Waals surface area contributed by atoms with E-state index >= 15 is 0 Å². The lowest BCUT2D eigenvalue weighted by molar-refractivity contribution is -0.169. The summed E-state index contributed by atoms with van der Waals surface area (Å²) in [5.41, 5.74) is 0.870. The zero-order valence-corrected chi connectivity index (χ0v) is 19.0. The lowest BCUT2D eigenvalue weighted by Gasteiger charge is -2.49. The lowest BCUT2D eigenvalue weighted by atomic mass is 9.82. The van der Waals surface area contributed by atoms with E-state index < -0.39 is 17.7 Å². The molecule has 2 fully saturated rings. The fourth-order valence-electron chi connectivity index (χ4n) is 5.14. The van der Waals surface area contributed by atoms with Crippen molar-refractivity contribution >= 4 is 11.8 Å². The maximum atomic E-state index is 14.1. The summed E-state index contributed by atoms with van der Waals surface area (Å²) < 4.78 is 5.25. The molecule has 3 atom stereocenters. The third-order valence-corrected chi connectivity index (χ3v) is 6.62. The molecule has 0 radical (unpaired) electrons. The fraction of sp³-hybridized carbons (Fsp3) is 0.462. The number of amides is 2. The van der Waals surface area contributed by atoms with Crippen molar-refractivity contribution in [1.29, 1.82) is 0 Å². The van der Waals surface area contributed by atoms with Gasteiger partial charge in [0.1, 0.15) is 17.3 Å². The number of β-amino-alcohol motifs (C(OH)–C–C–N with tert-alkyl or cyclic N) is 1. The van der Waals surface area contributed by atoms with Gasteiger partial charge < -0.3 is 19.6 Å². The Labute approximate surface area is 189 Å². The molecular formula is C26H32N2O4. The number of carbonyl (C=O) groups is 2. The van der Waals surface area contributed by atoms with Gasteiger partial charge >= 0.3 is 0 Å². The topological polar surface area (TPSA) is 70.1 Å². The smallest absolute Gasteiger partial charge is 0.249 e. The van der Waals surface area contributed by atoms with Gasteiger partial charge in [0.05, 0.1) is 13.2 Å². The number of aliphatic hydroxyl groups is 1. The van der Waals surface area contributed by atoms with E-state index in [-0.39, 0.29) is 30.7 Å². The zero-order valence-electron chi connectivity index (χ0n) is 19.0. The van der Waals surface area contributed by atoms with E-state index in [0.717, 1.165) is 16.9 Å². The van der Waals surface area contributed by atoms with Gasteiger partial charge in [-0.15, -0.1) is 0 Å². The molecule has 170 valence electrons. The van der Waals surface area contributed by atoms with Crippen LogP contribution in [0.1, 0.15) is 37.8 Å². The highest BCUT2D eigenvalue weighted by Gasteiger charge is 2.60. The molecule has 0 saturated carbocycles. The number of ether oxygens (including phenoxy) is 1. The summed E-state index contributed by atoms with van der Waals surface area (Å²) in [7, 11) is 1.61. The predicted molar refractivity (Wildman–Crippen MR) is 122 cm³/mol. The summed E-state index contributed by atoms with van der Waals surface area (Å²) in [5.74, 6) is 0.873. The second-order valence-electron chi connectivity index (χ2n) is 9.43. The number of aliphatic hydroxyl groups excluding tert-OH is 1. The Bertz CT molecular complexity index is 960. The quantitative estimate of drug-likeness (QED) is 0.724. The van der Waals surface area contributed by atoms with Crippen LogP contribution in [0.2, 0.25) is 0 Å². The van der Waals surface area contributed by atoms with Crippen molar-refractivity contribution < 1.29 is 19.4 Å². The number of nitrogens with zero attached hydrogens (tertiary/aromatic N) is 2. The Morgan fingerprint density at radius 3 is 2.38 bits per heavy atom. The second-order valence-corrected chi connectivity index (χ2v) is 9.43. The molecule has 32 heavy (non-hydrogen) atoms. The number of benzene rings is 2. The van der Waals surface area contributed by atoms with Gasteiger partial charge in [-0.05, 0) is 35.6 Å². The van der Waals surface area contributed by atoms with Crippen LogP contribution in [0.15, 0.2) is 54.6 Å². The van der Waals surface area contributed by atoms with Gasteiger partial charge in [-0.25, -0.2) is 0 Å². The Balaban J connectivity index is 1.73. The molecule has 2 aromatic carbocycles. The van der Waals surface area contributed by atoms with Crippen molar-refractivity contribution in [1.82, 2.24) is 9.80 Å². The lowest BCUT2D eigenvalue weighted by Crippen LogP contribution is -2.70. The summed E-state index contributed by atoms with van der Waals surface area (Å²) in [5, 5.41) is 10.6. The molecule has 2 unspecified atom stereocenters. The SMILES string of the molecule is COc1ccc(CC23C[C@@H](O)CN2C(=O)C(CC(C)C)N(Cc2ccccc2)C3=O)cc1. The minimum absolute atomic E-state index is 0.0562. The summed E-state index contributed by atoms with van der Waals surface area (Å²) in [6.45, 7) is 4.72. The molecule has 2 saturated heterocycles. The van der Waals surface area contributed by atoms with Crippen LogP contribution < -0.4 is 4.74 Å². The number of hydrogen-bond acceptors (Lipinski definition) is 4. The summed E-state index contributed by atoms with van der Waals surface area (Å²) in [6, 6.07) is 16.9. The first-order valence-corrected chi connectivity index (χ1v) is 11.3. The van der Waals surface area contributed by atoms with E-state index in [1.165, 1.54) is 0 Å². The number of piperazine rings is 1. The third-order valence-electron chi connectivity index (χ3n) is 6.62. The van der Waals surface area contributed by atoms with Crippen LogP contribution in [0, 0.1) is 5.92 Å². The van der Waals surface area contributed by atoms with Crippen molar-refractivity contribution in [3.05, 3.63) is 65.7 Å². The van der Waals surface area contributed by atoms with E-state index in [9.17, 15) is 14.7 Å². The van der Waals surface area contributed by atoms with Crippen molar-refractivity contribution in [3.63, 3.8) is 0 Å². The molecule has 0 aromatic heterocycles. The molecule has 0 bridgehead atoms. The summed E-state index contributed by atoms with van der Waals surface area (Å²) >= 11 is 0. The van der Waals surface area contributed by atoms with Gasteiger partial charge in [0.2, 0.25) is 11.8 Å². The fourth-order valence-corrected chi connectivity index (χ4v) is 5.14. The monoisotopic (exact) mass is 436 g/mol. The maximum Gasteiger partial charge on any atom is 0.249 e. The highest BCUT2D eigenvalue weighted by atomic mass is 16.5.